The van der Waals surface area contributed by atoms with Crippen LogP contribution in [0.15, 0.2) is 0 Å². The fourth-order valence-corrected chi connectivity index (χ4v) is 2.18. The maximum atomic E-state index is 11.1. The summed E-state index contributed by atoms with van der Waals surface area (Å²) in [4.78, 5) is 13.5. The summed E-state index contributed by atoms with van der Waals surface area (Å²) in [6.07, 6.45) is 3.21. The van der Waals surface area contributed by atoms with Crippen LogP contribution in [0.1, 0.15) is 33.1 Å². The molecule has 1 rings (SSSR count). The zero-order chi connectivity index (χ0) is 12.0. The maximum Gasteiger partial charge on any atom is 0.221 e. The van der Waals surface area contributed by atoms with Crippen molar-refractivity contribution in [1.29, 1.82) is 0 Å². The number of piperidine rings is 1. The van der Waals surface area contributed by atoms with E-state index in [0.717, 1.165) is 45.4 Å². The summed E-state index contributed by atoms with van der Waals surface area (Å²) >= 11 is 0. The molecule has 0 radical (unpaired) electrons. The van der Waals surface area contributed by atoms with Crippen molar-refractivity contribution in [2.75, 3.05) is 26.2 Å². The molecule has 0 spiro atoms. The summed E-state index contributed by atoms with van der Waals surface area (Å²) in [5.74, 6) is -0.0585. The van der Waals surface area contributed by atoms with Gasteiger partial charge in [-0.05, 0) is 38.9 Å². The molecule has 4 heteroatoms. The molecule has 1 atom stereocenters. The first-order chi connectivity index (χ1) is 7.59. The average Bonchev–Trinajstić information content (AvgIpc) is 2.24. The maximum absolute atomic E-state index is 11.1. The predicted molar refractivity (Wildman–Crippen MR) is 66.1 cm³/mol. The third kappa shape index (κ3) is 4.94. The second-order valence-electron chi connectivity index (χ2n) is 5.00. The number of carbonyl (C=O) groups is 1. The molecule has 1 amide bonds. The smallest absolute Gasteiger partial charge is 0.221 e. The standard InChI is InChI=1S/C12H25N3O/c1-10(2)14-6-4-8-15-7-3-5-11(9-15)12(13)16/h10-11,14H,3-9H2,1-2H3,(H2,13,16). The Morgan fingerprint density at radius 2 is 2.31 bits per heavy atom. The minimum absolute atomic E-state index is 0.0757. The lowest BCUT2D eigenvalue weighted by Gasteiger charge is -2.31. The van der Waals surface area contributed by atoms with Gasteiger partial charge in [0.1, 0.15) is 0 Å². The number of nitrogens with zero attached hydrogens (tertiary/aromatic N) is 1. The number of amides is 1. The van der Waals surface area contributed by atoms with Gasteiger partial charge in [-0.2, -0.15) is 0 Å². The van der Waals surface area contributed by atoms with Crippen molar-refractivity contribution in [3.8, 4) is 0 Å². The van der Waals surface area contributed by atoms with E-state index < -0.39 is 0 Å². The first-order valence-corrected chi connectivity index (χ1v) is 6.34. The van der Waals surface area contributed by atoms with Gasteiger partial charge in [0.15, 0.2) is 0 Å². The number of nitrogens with two attached hydrogens (primary N) is 1. The van der Waals surface area contributed by atoms with E-state index in [4.69, 9.17) is 5.73 Å². The summed E-state index contributed by atoms with van der Waals surface area (Å²) in [5.41, 5.74) is 5.35. The second kappa shape index (κ2) is 6.86. The van der Waals surface area contributed by atoms with Gasteiger partial charge in [0.25, 0.3) is 0 Å². The molecule has 4 nitrogen and oxygen atoms in total. The van der Waals surface area contributed by atoms with Crippen LogP contribution in [0.2, 0.25) is 0 Å². The van der Waals surface area contributed by atoms with E-state index in [1.807, 2.05) is 0 Å². The molecule has 0 aliphatic carbocycles. The van der Waals surface area contributed by atoms with Crippen molar-refractivity contribution in [2.45, 2.75) is 39.2 Å². The topological polar surface area (TPSA) is 58.4 Å². The lowest BCUT2D eigenvalue weighted by Crippen LogP contribution is -2.42. The highest BCUT2D eigenvalue weighted by Gasteiger charge is 2.23. The first-order valence-electron chi connectivity index (χ1n) is 6.34. The monoisotopic (exact) mass is 227 g/mol. The third-order valence-corrected chi connectivity index (χ3v) is 3.11. The Bertz CT molecular complexity index is 218. The van der Waals surface area contributed by atoms with Gasteiger partial charge in [-0.15, -0.1) is 0 Å². The molecule has 94 valence electrons. The minimum atomic E-state index is -0.134. The van der Waals surface area contributed by atoms with Crippen molar-refractivity contribution in [3.05, 3.63) is 0 Å². The molecule has 0 aromatic carbocycles. The highest BCUT2D eigenvalue weighted by Crippen LogP contribution is 2.15. The van der Waals surface area contributed by atoms with Gasteiger partial charge in [-0.1, -0.05) is 13.8 Å². The molecule has 1 unspecified atom stereocenters. The van der Waals surface area contributed by atoms with Crippen LogP contribution >= 0.6 is 0 Å². The molecule has 0 aromatic rings. The highest BCUT2D eigenvalue weighted by atomic mass is 16.1. The van der Waals surface area contributed by atoms with E-state index in [1.54, 1.807) is 0 Å². The van der Waals surface area contributed by atoms with Crippen LogP contribution in [0.3, 0.4) is 0 Å². The van der Waals surface area contributed by atoms with E-state index >= 15 is 0 Å². The van der Waals surface area contributed by atoms with E-state index in [0.29, 0.717) is 6.04 Å². The van der Waals surface area contributed by atoms with Crippen LogP contribution in [0.4, 0.5) is 0 Å². The lowest BCUT2D eigenvalue weighted by molar-refractivity contribution is -0.123. The number of nitrogens with one attached hydrogen (secondary N) is 1. The quantitative estimate of drug-likeness (QED) is 0.652. The fraction of sp³-hybridized carbons (Fsp3) is 0.917. The molecule has 0 bridgehead atoms. The zero-order valence-corrected chi connectivity index (χ0v) is 10.5. The van der Waals surface area contributed by atoms with Crippen LogP contribution in [-0.4, -0.2) is 43.0 Å². The molecule has 16 heavy (non-hydrogen) atoms. The van der Waals surface area contributed by atoms with Gasteiger partial charge in [0.2, 0.25) is 5.91 Å². The van der Waals surface area contributed by atoms with Crippen molar-refractivity contribution in [2.24, 2.45) is 11.7 Å². The number of carbonyl (C=O) groups excluding carboxylic acids is 1. The fourth-order valence-electron chi connectivity index (χ4n) is 2.18. The van der Waals surface area contributed by atoms with E-state index in [2.05, 4.69) is 24.1 Å². The van der Waals surface area contributed by atoms with Crippen molar-refractivity contribution in [3.63, 3.8) is 0 Å². The SMILES string of the molecule is CC(C)NCCCN1CCCC(C(N)=O)C1. The van der Waals surface area contributed by atoms with E-state index in [1.165, 1.54) is 0 Å². The van der Waals surface area contributed by atoms with Crippen molar-refractivity contribution in [1.82, 2.24) is 10.2 Å². The van der Waals surface area contributed by atoms with Crippen LogP contribution in [0, 0.1) is 5.92 Å². The van der Waals surface area contributed by atoms with Gasteiger partial charge in [-0.25, -0.2) is 0 Å². The molecule has 1 aliphatic heterocycles. The molecular weight excluding hydrogens is 202 g/mol. The Balaban J connectivity index is 2.14. The number of rotatable bonds is 6. The Morgan fingerprint density at radius 3 is 2.94 bits per heavy atom. The van der Waals surface area contributed by atoms with Gasteiger partial charge in [0.05, 0.1) is 5.92 Å². The molecule has 0 saturated carbocycles. The molecular formula is C12H25N3O. The molecule has 0 aromatic heterocycles. The molecule has 1 fully saturated rings. The number of hydrogen-bond acceptors (Lipinski definition) is 3. The van der Waals surface area contributed by atoms with E-state index in [-0.39, 0.29) is 11.8 Å². The number of likely N-dealkylation sites (tertiary alicyclic amines) is 1. The molecule has 1 saturated heterocycles. The third-order valence-electron chi connectivity index (χ3n) is 3.11. The first kappa shape index (κ1) is 13.5. The number of hydrogen-bond donors (Lipinski definition) is 2. The van der Waals surface area contributed by atoms with Gasteiger partial charge >= 0.3 is 0 Å². The Labute approximate surface area is 98.6 Å². The summed E-state index contributed by atoms with van der Waals surface area (Å²) in [5, 5.41) is 3.40. The van der Waals surface area contributed by atoms with Crippen molar-refractivity contribution >= 4 is 5.91 Å². The average molecular weight is 227 g/mol. The normalized spacial score (nSPS) is 22.6. The Kier molecular flexibility index (Phi) is 5.77. The predicted octanol–water partition coefficient (Wildman–Crippen LogP) is 0.572. The summed E-state index contributed by atoms with van der Waals surface area (Å²) in [6, 6.07) is 0.555. The van der Waals surface area contributed by atoms with Gasteiger partial charge in [0, 0.05) is 12.6 Å². The summed E-state index contributed by atoms with van der Waals surface area (Å²) < 4.78 is 0. The van der Waals surface area contributed by atoms with Crippen molar-refractivity contribution < 1.29 is 4.79 Å². The zero-order valence-electron chi connectivity index (χ0n) is 10.5. The van der Waals surface area contributed by atoms with Crippen LogP contribution < -0.4 is 11.1 Å². The highest BCUT2D eigenvalue weighted by molar-refractivity contribution is 5.76. The molecule has 1 heterocycles. The Hall–Kier alpha value is -0.610. The van der Waals surface area contributed by atoms with Gasteiger partial charge < -0.3 is 16.0 Å². The molecule has 1 aliphatic rings. The lowest BCUT2D eigenvalue weighted by atomic mass is 9.97. The summed E-state index contributed by atoms with van der Waals surface area (Å²) in [7, 11) is 0. The van der Waals surface area contributed by atoms with Crippen LogP contribution in [-0.2, 0) is 4.79 Å². The van der Waals surface area contributed by atoms with E-state index in [9.17, 15) is 4.79 Å². The largest absolute Gasteiger partial charge is 0.369 e. The van der Waals surface area contributed by atoms with Gasteiger partial charge in [-0.3, -0.25) is 4.79 Å². The summed E-state index contributed by atoms with van der Waals surface area (Å²) in [6.45, 7) is 8.41. The second-order valence-corrected chi connectivity index (χ2v) is 5.00. The van der Waals surface area contributed by atoms with Crippen LogP contribution in [0.25, 0.3) is 0 Å². The minimum Gasteiger partial charge on any atom is -0.369 e. The number of primary amides is 1. The molecule has 3 N–H and O–H groups in total. The Morgan fingerprint density at radius 1 is 1.56 bits per heavy atom. The van der Waals surface area contributed by atoms with Crippen LogP contribution in [0.5, 0.6) is 0 Å².